The monoisotopic (exact) mass is 306 g/mol. The zero-order chi connectivity index (χ0) is 15.2. The van der Waals surface area contributed by atoms with E-state index in [0.29, 0.717) is 4.31 Å². The van der Waals surface area contributed by atoms with E-state index in [-0.39, 0.29) is 28.3 Å². The van der Waals surface area contributed by atoms with Crippen molar-refractivity contribution in [2.24, 2.45) is 0 Å². The lowest BCUT2D eigenvalue weighted by atomic mass is 10.1. The Labute approximate surface area is 120 Å². The minimum absolute atomic E-state index is 0.0553. The summed E-state index contributed by atoms with van der Waals surface area (Å²) in [6.07, 6.45) is 0. The van der Waals surface area contributed by atoms with Crippen molar-refractivity contribution in [1.82, 2.24) is 4.31 Å². The van der Waals surface area contributed by atoms with Crippen molar-refractivity contribution >= 4 is 21.6 Å². The highest BCUT2D eigenvalue weighted by Crippen LogP contribution is 2.31. The summed E-state index contributed by atoms with van der Waals surface area (Å²) >= 11 is 0. The number of rotatable bonds is 2. The molecule has 0 radical (unpaired) electrons. The number of halogens is 1. The summed E-state index contributed by atoms with van der Waals surface area (Å²) in [4.78, 5) is 12.1. The van der Waals surface area contributed by atoms with Crippen LogP contribution >= 0.6 is 0 Å². The lowest BCUT2D eigenvalue weighted by molar-refractivity contribution is 0.0864. The molecule has 21 heavy (non-hydrogen) atoms. The van der Waals surface area contributed by atoms with E-state index >= 15 is 0 Å². The summed E-state index contributed by atoms with van der Waals surface area (Å²) in [5.74, 6) is -1.37. The van der Waals surface area contributed by atoms with Gasteiger partial charge in [-0.25, -0.2) is 17.1 Å². The second-order valence-electron chi connectivity index (χ2n) is 4.63. The van der Waals surface area contributed by atoms with Crippen LogP contribution in [0.4, 0.5) is 10.1 Å². The van der Waals surface area contributed by atoms with Crippen molar-refractivity contribution in [3.05, 3.63) is 59.4 Å². The molecule has 0 aliphatic carbocycles. The zero-order valence-electron chi connectivity index (χ0n) is 10.8. The first kappa shape index (κ1) is 13.6. The molecular formula is C14H11FN2O3S. The molecular weight excluding hydrogens is 295 g/mol. The Bertz CT molecular complexity index is 849. The molecule has 0 aromatic heterocycles. The van der Waals surface area contributed by atoms with Crippen LogP contribution in [0.1, 0.15) is 15.9 Å². The molecule has 108 valence electrons. The first-order valence-electron chi connectivity index (χ1n) is 6.12. The maximum absolute atomic E-state index is 13.9. The van der Waals surface area contributed by atoms with Crippen LogP contribution in [0.3, 0.4) is 0 Å². The molecule has 1 aliphatic rings. The first-order chi connectivity index (χ1) is 9.93. The number of hydrogen-bond acceptors (Lipinski definition) is 4. The van der Waals surface area contributed by atoms with E-state index in [1.165, 1.54) is 36.4 Å². The van der Waals surface area contributed by atoms with Gasteiger partial charge in [-0.2, -0.15) is 0 Å². The van der Waals surface area contributed by atoms with Gasteiger partial charge in [0.25, 0.3) is 15.9 Å². The molecule has 0 saturated heterocycles. The summed E-state index contributed by atoms with van der Waals surface area (Å²) in [5, 5.41) is 0. The third kappa shape index (κ3) is 1.97. The van der Waals surface area contributed by atoms with Crippen molar-refractivity contribution in [2.75, 3.05) is 5.73 Å². The van der Waals surface area contributed by atoms with E-state index in [9.17, 15) is 17.6 Å². The van der Waals surface area contributed by atoms with Gasteiger partial charge in [0, 0.05) is 5.56 Å². The number of nitrogens with zero attached hydrogens (tertiary/aromatic N) is 1. The molecule has 0 unspecified atom stereocenters. The molecule has 0 atom stereocenters. The Hall–Kier alpha value is -2.41. The van der Waals surface area contributed by atoms with E-state index in [4.69, 9.17) is 5.73 Å². The molecule has 0 spiro atoms. The summed E-state index contributed by atoms with van der Waals surface area (Å²) in [7, 11) is -3.95. The highest BCUT2D eigenvalue weighted by Gasteiger charge is 2.41. The SMILES string of the molecule is Nc1cccc(CN2C(=O)c3ccccc3S2(=O)=O)c1F. The summed E-state index contributed by atoms with van der Waals surface area (Å²) in [6.45, 7) is -0.382. The number of nitrogens with two attached hydrogens (primary N) is 1. The molecule has 7 heteroatoms. The molecule has 1 heterocycles. The van der Waals surface area contributed by atoms with Gasteiger partial charge in [-0.3, -0.25) is 4.79 Å². The molecule has 1 amide bonds. The third-order valence-corrected chi connectivity index (χ3v) is 5.12. The maximum atomic E-state index is 13.9. The lowest BCUT2D eigenvalue weighted by Gasteiger charge is -2.16. The molecule has 5 nitrogen and oxygen atoms in total. The number of fused-ring (bicyclic) bond motifs is 1. The highest BCUT2D eigenvalue weighted by molar-refractivity contribution is 7.90. The van der Waals surface area contributed by atoms with Crippen molar-refractivity contribution in [2.45, 2.75) is 11.4 Å². The zero-order valence-corrected chi connectivity index (χ0v) is 11.6. The van der Waals surface area contributed by atoms with Gasteiger partial charge in [-0.05, 0) is 18.2 Å². The number of benzene rings is 2. The largest absolute Gasteiger partial charge is 0.396 e. The minimum atomic E-state index is -3.95. The van der Waals surface area contributed by atoms with Crippen LogP contribution in [0.25, 0.3) is 0 Å². The number of nitrogen functional groups attached to an aromatic ring is 1. The number of carbonyl (C=O) groups is 1. The van der Waals surface area contributed by atoms with Crippen LogP contribution in [0.15, 0.2) is 47.4 Å². The molecule has 2 aromatic rings. The molecule has 3 rings (SSSR count). The quantitative estimate of drug-likeness (QED) is 0.857. The van der Waals surface area contributed by atoms with E-state index in [1.54, 1.807) is 6.07 Å². The Kier molecular flexibility index (Phi) is 2.94. The van der Waals surface area contributed by atoms with Crippen LogP contribution in [0.5, 0.6) is 0 Å². The van der Waals surface area contributed by atoms with Crippen LogP contribution in [0.2, 0.25) is 0 Å². The fraction of sp³-hybridized carbons (Fsp3) is 0.0714. The average Bonchev–Trinajstić information content (AvgIpc) is 2.65. The van der Waals surface area contributed by atoms with Crippen LogP contribution in [-0.4, -0.2) is 18.6 Å². The van der Waals surface area contributed by atoms with E-state index in [0.717, 1.165) is 0 Å². The van der Waals surface area contributed by atoms with Crippen LogP contribution in [-0.2, 0) is 16.6 Å². The second-order valence-corrected chi connectivity index (χ2v) is 6.46. The number of carbonyl (C=O) groups excluding carboxylic acids is 1. The van der Waals surface area contributed by atoms with Gasteiger partial charge in [0.05, 0.1) is 17.8 Å². The number of hydrogen-bond donors (Lipinski definition) is 1. The molecule has 1 aliphatic heterocycles. The minimum Gasteiger partial charge on any atom is -0.396 e. The van der Waals surface area contributed by atoms with Gasteiger partial charge in [-0.15, -0.1) is 0 Å². The topological polar surface area (TPSA) is 80.5 Å². The average molecular weight is 306 g/mol. The van der Waals surface area contributed by atoms with Crippen LogP contribution in [0, 0.1) is 5.82 Å². The normalized spacial score (nSPS) is 16.0. The highest BCUT2D eigenvalue weighted by atomic mass is 32.2. The van der Waals surface area contributed by atoms with Gasteiger partial charge >= 0.3 is 0 Å². The molecule has 2 aromatic carbocycles. The predicted molar refractivity (Wildman–Crippen MR) is 74.3 cm³/mol. The number of amides is 1. The van der Waals surface area contributed by atoms with Crippen molar-refractivity contribution < 1.29 is 17.6 Å². The fourth-order valence-corrected chi connectivity index (χ4v) is 3.81. The second kappa shape index (κ2) is 4.56. The Balaban J connectivity index is 2.06. The third-order valence-electron chi connectivity index (χ3n) is 3.33. The van der Waals surface area contributed by atoms with Gasteiger partial charge in [0.15, 0.2) is 5.82 Å². The predicted octanol–water partition coefficient (Wildman–Crippen LogP) is 1.75. The summed E-state index contributed by atoms with van der Waals surface area (Å²) in [6, 6.07) is 10.2. The number of sulfonamides is 1. The van der Waals surface area contributed by atoms with Crippen molar-refractivity contribution in [3.63, 3.8) is 0 Å². The first-order valence-corrected chi connectivity index (χ1v) is 7.56. The Morgan fingerprint density at radius 2 is 1.81 bits per heavy atom. The van der Waals surface area contributed by atoms with Gasteiger partial charge < -0.3 is 5.73 Å². The van der Waals surface area contributed by atoms with E-state index in [1.807, 2.05) is 0 Å². The Morgan fingerprint density at radius 1 is 1.10 bits per heavy atom. The maximum Gasteiger partial charge on any atom is 0.269 e. The number of anilines is 1. The van der Waals surface area contributed by atoms with Crippen molar-refractivity contribution in [1.29, 1.82) is 0 Å². The van der Waals surface area contributed by atoms with Gasteiger partial charge in [0.2, 0.25) is 0 Å². The Morgan fingerprint density at radius 3 is 2.52 bits per heavy atom. The standard InChI is InChI=1S/C14H11FN2O3S/c15-13-9(4-3-6-11(13)16)8-17-14(18)10-5-1-2-7-12(10)21(17,19)20/h1-7H,8,16H2. The van der Waals surface area contributed by atoms with Crippen LogP contribution < -0.4 is 5.73 Å². The molecule has 0 fully saturated rings. The van der Waals surface area contributed by atoms with Crippen molar-refractivity contribution in [3.8, 4) is 0 Å². The molecule has 2 N–H and O–H groups in total. The van der Waals surface area contributed by atoms with E-state index < -0.39 is 21.7 Å². The van der Waals surface area contributed by atoms with Gasteiger partial charge in [-0.1, -0.05) is 24.3 Å². The van der Waals surface area contributed by atoms with E-state index in [2.05, 4.69) is 0 Å². The summed E-state index contributed by atoms with van der Waals surface area (Å²) in [5.41, 5.74) is 5.52. The lowest BCUT2D eigenvalue weighted by Crippen LogP contribution is -2.29. The molecule has 0 bridgehead atoms. The fourth-order valence-electron chi connectivity index (χ4n) is 2.26. The summed E-state index contributed by atoms with van der Waals surface area (Å²) < 4.78 is 39.3. The molecule has 0 saturated carbocycles. The smallest absolute Gasteiger partial charge is 0.269 e. The van der Waals surface area contributed by atoms with Gasteiger partial charge in [0.1, 0.15) is 4.90 Å².